The predicted octanol–water partition coefficient (Wildman–Crippen LogP) is -1.24. The first-order valence-corrected chi connectivity index (χ1v) is 7.85. The van der Waals surface area contributed by atoms with Gasteiger partial charge in [-0.1, -0.05) is 0 Å². The molecule has 1 saturated heterocycles. The first kappa shape index (κ1) is 14.9. The highest BCUT2D eigenvalue weighted by Gasteiger charge is 2.46. The molecule has 24 heavy (non-hydrogen) atoms. The van der Waals surface area contributed by atoms with E-state index in [1.807, 2.05) is 0 Å². The van der Waals surface area contributed by atoms with E-state index >= 15 is 0 Å². The van der Waals surface area contributed by atoms with Crippen molar-refractivity contribution in [2.75, 3.05) is 13.1 Å². The normalized spacial score (nSPS) is 22.3. The summed E-state index contributed by atoms with van der Waals surface area (Å²) in [5.74, 6) is 0.565. The third-order valence-electron chi connectivity index (χ3n) is 5.09. The number of likely N-dealkylation sites (tertiary alicyclic amines) is 1. The maximum absolute atomic E-state index is 12.6. The Bertz CT molecular complexity index is 955. The van der Waals surface area contributed by atoms with Gasteiger partial charge in [-0.05, 0) is 12.5 Å². The second kappa shape index (κ2) is 4.89. The standard InChI is InChI=1S/C15H18N6O3/c1-18-10(3-5-16-18)12(22)20-6-4-15(8-20)7-11-17-19(2)13(23)14(24)21(11)9-15/h3,5H,4,6-9H2,1-2H3/t15-/m1/s1. The minimum atomic E-state index is -0.614. The molecule has 0 N–H and O–H groups in total. The van der Waals surface area contributed by atoms with E-state index in [2.05, 4.69) is 10.2 Å². The van der Waals surface area contributed by atoms with Crippen molar-refractivity contribution in [3.05, 3.63) is 44.5 Å². The van der Waals surface area contributed by atoms with Crippen LogP contribution in [0.25, 0.3) is 0 Å². The number of aromatic nitrogens is 5. The molecule has 1 amide bonds. The number of carbonyl (C=O) groups excluding carboxylic acids is 1. The molecule has 2 aliphatic heterocycles. The van der Waals surface area contributed by atoms with Gasteiger partial charge in [0, 0.05) is 51.8 Å². The number of hydrogen-bond donors (Lipinski definition) is 0. The molecule has 126 valence electrons. The van der Waals surface area contributed by atoms with E-state index in [-0.39, 0.29) is 11.3 Å². The predicted molar refractivity (Wildman–Crippen MR) is 83.6 cm³/mol. The minimum absolute atomic E-state index is 0.0572. The molecule has 9 heteroatoms. The van der Waals surface area contributed by atoms with E-state index in [0.29, 0.717) is 37.6 Å². The monoisotopic (exact) mass is 330 g/mol. The van der Waals surface area contributed by atoms with E-state index in [1.54, 1.807) is 28.9 Å². The fourth-order valence-electron chi connectivity index (χ4n) is 3.79. The number of aryl methyl sites for hydroxylation is 2. The van der Waals surface area contributed by atoms with Crippen molar-refractivity contribution in [3.63, 3.8) is 0 Å². The molecule has 1 fully saturated rings. The molecule has 4 heterocycles. The molecular weight excluding hydrogens is 312 g/mol. The molecule has 2 aromatic rings. The van der Waals surface area contributed by atoms with Crippen LogP contribution in [0.15, 0.2) is 21.9 Å². The summed E-state index contributed by atoms with van der Waals surface area (Å²) in [4.78, 5) is 38.4. The lowest BCUT2D eigenvalue weighted by Gasteiger charge is -2.22. The SMILES string of the molecule is Cn1nccc1C(=O)N1CC[C@@]2(Cc3nn(C)c(=O)c(=O)n3C2)C1. The maximum Gasteiger partial charge on any atom is 0.332 e. The lowest BCUT2D eigenvalue weighted by Crippen LogP contribution is -2.42. The highest BCUT2D eigenvalue weighted by atomic mass is 16.2. The number of hydrogen-bond acceptors (Lipinski definition) is 5. The van der Waals surface area contributed by atoms with Gasteiger partial charge >= 0.3 is 11.1 Å². The van der Waals surface area contributed by atoms with Crippen molar-refractivity contribution in [2.24, 2.45) is 19.5 Å². The average molecular weight is 330 g/mol. The molecule has 1 atom stereocenters. The van der Waals surface area contributed by atoms with Crippen molar-refractivity contribution >= 4 is 5.91 Å². The lowest BCUT2D eigenvalue weighted by atomic mass is 9.86. The summed E-state index contributed by atoms with van der Waals surface area (Å²) in [7, 11) is 3.23. The van der Waals surface area contributed by atoms with Crippen LogP contribution in [0.5, 0.6) is 0 Å². The van der Waals surface area contributed by atoms with Crippen molar-refractivity contribution in [2.45, 2.75) is 19.4 Å². The number of amides is 1. The topological polar surface area (TPSA) is 95.0 Å². The highest BCUT2D eigenvalue weighted by Crippen LogP contribution is 2.39. The zero-order valence-electron chi connectivity index (χ0n) is 13.6. The van der Waals surface area contributed by atoms with Crippen molar-refractivity contribution in [1.29, 1.82) is 0 Å². The van der Waals surface area contributed by atoms with Crippen LogP contribution in [-0.2, 0) is 27.1 Å². The van der Waals surface area contributed by atoms with Gasteiger partial charge in [0.1, 0.15) is 11.5 Å². The third kappa shape index (κ3) is 2.04. The van der Waals surface area contributed by atoms with E-state index in [4.69, 9.17) is 0 Å². The molecule has 0 radical (unpaired) electrons. The second-order valence-corrected chi connectivity index (χ2v) is 6.73. The van der Waals surface area contributed by atoms with Gasteiger partial charge in [-0.2, -0.15) is 10.2 Å². The Morgan fingerprint density at radius 1 is 1.17 bits per heavy atom. The van der Waals surface area contributed by atoms with Crippen LogP contribution < -0.4 is 11.1 Å². The maximum atomic E-state index is 12.6. The van der Waals surface area contributed by atoms with Crippen molar-refractivity contribution in [3.8, 4) is 0 Å². The van der Waals surface area contributed by atoms with Crippen LogP contribution in [0, 0.1) is 5.41 Å². The molecule has 4 rings (SSSR count). The first-order chi connectivity index (χ1) is 11.4. The number of nitrogens with zero attached hydrogens (tertiary/aromatic N) is 6. The van der Waals surface area contributed by atoms with Crippen LogP contribution in [0.3, 0.4) is 0 Å². The molecule has 0 unspecified atom stereocenters. The van der Waals surface area contributed by atoms with Gasteiger partial charge in [0.05, 0.1) is 0 Å². The molecule has 0 aliphatic carbocycles. The summed E-state index contributed by atoms with van der Waals surface area (Å²) in [6.07, 6.45) is 2.99. The average Bonchev–Trinajstić information content (AvgIpc) is 3.24. The van der Waals surface area contributed by atoms with Crippen LogP contribution in [0.1, 0.15) is 22.7 Å². The summed E-state index contributed by atoms with van der Waals surface area (Å²) in [6, 6.07) is 1.70. The van der Waals surface area contributed by atoms with Gasteiger partial charge in [-0.25, -0.2) is 4.68 Å². The van der Waals surface area contributed by atoms with Crippen molar-refractivity contribution in [1.82, 2.24) is 29.0 Å². The molecule has 9 nitrogen and oxygen atoms in total. The molecule has 0 bridgehead atoms. The Morgan fingerprint density at radius 2 is 1.96 bits per heavy atom. The second-order valence-electron chi connectivity index (χ2n) is 6.73. The first-order valence-electron chi connectivity index (χ1n) is 7.85. The fourth-order valence-corrected chi connectivity index (χ4v) is 3.79. The molecule has 2 aromatic heterocycles. The van der Waals surface area contributed by atoms with E-state index in [9.17, 15) is 14.4 Å². The zero-order valence-corrected chi connectivity index (χ0v) is 13.6. The van der Waals surface area contributed by atoms with Gasteiger partial charge in [0.2, 0.25) is 0 Å². The quantitative estimate of drug-likeness (QED) is 0.610. The smallest absolute Gasteiger partial charge is 0.332 e. The number of rotatable bonds is 1. The summed E-state index contributed by atoms with van der Waals surface area (Å²) < 4.78 is 4.13. The highest BCUT2D eigenvalue weighted by molar-refractivity contribution is 5.92. The molecule has 1 spiro atoms. The summed E-state index contributed by atoms with van der Waals surface area (Å²) in [5, 5.41) is 8.25. The number of fused-ring (bicyclic) bond motifs is 1. The summed E-state index contributed by atoms with van der Waals surface area (Å²) in [6.45, 7) is 1.63. The molecular formula is C15H18N6O3. The van der Waals surface area contributed by atoms with Crippen LogP contribution in [0.2, 0.25) is 0 Å². The number of carbonyl (C=O) groups is 1. The lowest BCUT2D eigenvalue weighted by molar-refractivity contribution is 0.0761. The van der Waals surface area contributed by atoms with Gasteiger partial charge in [-0.3, -0.25) is 23.6 Å². The van der Waals surface area contributed by atoms with E-state index in [0.717, 1.165) is 11.1 Å². The van der Waals surface area contributed by atoms with E-state index < -0.39 is 11.1 Å². The minimum Gasteiger partial charge on any atom is -0.337 e. The summed E-state index contributed by atoms with van der Waals surface area (Å²) in [5.41, 5.74) is -0.813. The van der Waals surface area contributed by atoms with Crippen molar-refractivity contribution < 1.29 is 4.79 Å². The van der Waals surface area contributed by atoms with Gasteiger partial charge in [0.25, 0.3) is 5.91 Å². The van der Waals surface area contributed by atoms with Crippen LogP contribution in [0.4, 0.5) is 0 Å². The largest absolute Gasteiger partial charge is 0.337 e. The van der Waals surface area contributed by atoms with Crippen LogP contribution in [-0.4, -0.2) is 48.0 Å². The molecule has 0 saturated carbocycles. The fraction of sp³-hybridized carbons (Fsp3) is 0.533. The Balaban J connectivity index is 1.61. The Labute approximate surface area is 137 Å². The summed E-state index contributed by atoms with van der Waals surface area (Å²) >= 11 is 0. The van der Waals surface area contributed by atoms with Gasteiger partial charge < -0.3 is 4.90 Å². The van der Waals surface area contributed by atoms with Crippen LogP contribution >= 0.6 is 0 Å². The zero-order chi connectivity index (χ0) is 17.1. The van der Waals surface area contributed by atoms with Gasteiger partial charge in [-0.15, -0.1) is 0 Å². The molecule has 2 aliphatic rings. The Morgan fingerprint density at radius 3 is 2.67 bits per heavy atom. The Hall–Kier alpha value is -2.71. The third-order valence-corrected chi connectivity index (χ3v) is 5.09. The Kier molecular flexibility index (Phi) is 3.03. The molecule has 0 aromatic carbocycles. The van der Waals surface area contributed by atoms with E-state index in [1.165, 1.54) is 11.6 Å². The van der Waals surface area contributed by atoms with Gasteiger partial charge in [0.15, 0.2) is 0 Å².